The molecule has 1 aromatic carbocycles. The van der Waals surface area contributed by atoms with Crippen molar-refractivity contribution in [1.29, 1.82) is 0 Å². The van der Waals surface area contributed by atoms with Crippen LogP contribution in [0.1, 0.15) is 38.4 Å². The number of nitrogens with one attached hydrogen (secondary N) is 2. The molecule has 2 N–H and O–H groups in total. The molecule has 0 radical (unpaired) electrons. The quantitative estimate of drug-likeness (QED) is 0.891. The molecule has 3 rings (SSSR count). The summed E-state index contributed by atoms with van der Waals surface area (Å²) in [7, 11) is 0. The van der Waals surface area contributed by atoms with Gasteiger partial charge < -0.3 is 10.3 Å². The van der Waals surface area contributed by atoms with Crippen LogP contribution in [0.5, 0.6) is 0 Å². The van der Waals surface area contributed by atoms with Crippen LogP contribution >= 0.6 is 11.6 Å². The minimum atomic E-state index is -0.109. The van der Waals surface area contributed by atoms with Crippen LogP contribution in [0.15, 0.2) is 23.0 Å². The molecule has 0 unspecified atom stereocenters. The molecule has 1 heterocycles. The third-order valence-electron chi connectivity index (χ3n) is 4.67. The summed E-state index contributed by atoms with van der Waals surface area (Å²) < 4.78 is 0. The van der Waals surface area contributed by atoms with Gasteiger partial charge in [-0.3, -0.25) is 4.79 Å². The van der Waals surface area contributed by atoms with E-state index < -0.39 is 0 Å². The van der Waals surface area contributed by atoms with E-state index in [9.17, 15) is 4.79 Å². The van der Waals surface area contributed by atoms with Crippen molar-refractivity contribution in [3.63, 3.8) is 0 Å². The van der Waals surface area contributed by atoms with Gasteiger partial charge in [-0.05, 0) is 42.9 Å². The van der Waals surface area contributed by atoms with Crippen LogP contribution in [0.25, 0.3) is 10.9 Å². The Morgan fingerprint density at radius 1 is 1.43 bits per heavy atom. The second-order valence-electron chi connectivity index (χ2n) is 5.98. The highest BCUT2D eigenvalue weighted by atomic mass is 35.5. The van der Waals surface area contributed by atoms with E-state index >= 15 is 0 Å². The number of aromatic nitrogens is 2. The lowest BCUT2D eigenvalue weighted by molar-refractivity contribution is 0.123. The number of H-pyrrole nitrogens is 1. The first-order valence-corrected chi connectivity index (χ1v) is 7.89. The summed E-state index contributed by atoms with van der Waals surface area (Å²) in [5, 5.41) is 4.61. The largest absolute Gasteiger partial charge is 0.309 e. The van der Waals surface area contributed by atoms with Gasteiger partial charge in [0.15, 0.2) is 0 Å². The summed E-state index contributed by atoms with van der Waals surface area (Å²) in [6, 6.07) is 5.15. The lowest BCUT2D eigenvalue weighted by Crippen LogP contribution is -2.39. The second-order valence-corrected chi connectivity index (χ2v) is 6.42. The van der Waals surface area contributed by atoms with E-state index in [1.807, 2.05) is 0 Å². The Kier molecular flexibility index (Phi) is 4.00. The van der Waals surface area contributed by atoms with Gasteiger partial charge >= 0.3 is 0 Å². The SMILES string of the molecule is CCC1(CNCc2nc3cc(Cl)ccc3c(=O)[nH]2)CCC1. The van der Waals surface area contributed by atoms with Crippen molar-refractivity contribution in [1.82, 2.24) is 15.3 Å². The van der Waals surface area contributed by atoms with E-state index in [2.05, 4.69) is 22.2 Å². The van der Waals surface area contributed by atoms with Gasteiger partial charge in [-0.15, -0.1) is 0 Å². The summed E-state index contributed by atoms with van der Waals surface area (Å²) in [6.45, 7) is 3.82. The average molecular weight is 306 g/mol. The fraction of sp³-hybridized carbons (Fsp3) is 0.500. The summed E-state index contributed by atoms with van der Waals surface area (Å²) in [5.74, 6) is 0.667. The molecule has 0 aliphatic heterocycles. The fourth-order valence-electron chi connectivity index (χ4n) is 3.02. The lowest BCUT2D eigenvalue weighted by Gasteiger charge is -2.41. The molecule has 0 saturated heterocycles. The monoisotopic (exact) mass is 305 g/mol. The summed E-state index contributed by atoms with van der Waals surface area (Å²) in [6.07, 6.45) is 5.14. The Hall–Kier alpha value is -1.39. The molecular formula is C16H20ClN3O. The summed E-state index contributed by atoms with van der Waals surface area (Å²) >= 11 is 5.96. The Bertz CT molecular complexity index is 701. The Labute approximate surface area is 128 Å². The van der Waals surface area contributed by atoms with Crippen molar-refractivity contribution in [3.8, 4) is 0 Å². The van der Waals surface area contributed by atoms with Crippen LogP contribution in [0.3, 0.4) is 0 Å². The molecule has 1 fully saturated rings. The Balaban J connectivity index is 1.73. The van der Waals surface area contributed by atoms with E-state index in [0.29, 0.717) is 33.7 Å². The molecule has 1 aliphatic carbocycles. The standard InChI is InChI=1S/C16H20ClN3O/c1-2-16(6-3-7-16)10-18-9-14-19-13-8-11(17)4-5-12(13)15(21)20-14/h4-5,8,18H,2-3,6-7,9-10H2,1H3,(H,19,20,21). The minimum Gasteiger partial charge on any atom is -0.309 e. The number of hydrogen-bond donors (Lipinski definition) is 2. The Morgan fingerprint density at radius 3 is 2.90 bits per heavy atom. The predicted molar refractivity (Wildman–Crippen MR) is 85.7 cm³/mol. The molecular weight excluding hydrogens is 286 g/mol. The van der Waals surface area contributed by atoms with E-state index in [0.717, 1.165) is 6.54 Å². The zero-order chi connectivity index (χ0) is 14.9. The normalized spacial score (nSPS) is 16.9. The summed E-state index contributed by atoms with van der Waals surface area (Å²) in [5.41, 5.74) is 1.000. The number of aromatic amines is 1. The van der Waals surface area contributed by atoms with Crippen molar-refractivity contribution in [2.45, 2.75) is 39.2 Å². The number of nitrogens with zero attached hydrogens (tertiary/aromatic N) is 1. The molecule has 1 aliphatic rings. The van der Waals surface area contributed by atoms with Gasteiger partial charge in [-0.1, -0.05) is 24.9 Å². The van der Waals surface area contributed by atoms with Crippen LogP contribution < -0.4 is 10.9 Å². The maximum atomic E-state index is 12.0. The molecule has 112 valence electrons. The smallest absolute Gasteiger partial charge is 0.258 e. The zero-order valence-electron chi connectivity index (χ0n) is 12.2. The molecule has 4 nitrogen and oxygen atoms in total. The lowest BCUT2D eigenvalue weighted by atomic mass is 9.67. The van der Waals surface area contributed by atoms with Crippen LogP contribution in [-0.4, -0.2) is 16.5 Å². The van der Waals surface area contributed by atoms with Gasteiger partial charge in [-0.2, -0.15) is 0 Å². The molecule has 5 heteroatoms. The number of hydrogen-bond acceptors (Lipinski definition) is 3. The van der Waals surface area contributed by atoms with Gasteiger partial charge in [-0.25, -0.2) is 4.98 Å². The van der Waals surface area contributed by atoms with Crippen molar-refractivity contribution in [2.24, 2.45) is 5.41 Å². The summed E-state index contributed by atoms with van der Waals surface area (Å²) in [4.78, 5) is 19.3. The fourth-order valence-corrected chi connectivity index (χ4v) is 3.19. The van der Waals surface area contributed by atoms with E-state index in [4.69, 9.17) is 11.6 Å². The average Bonchev–Trinajstić information content (AvgIpc) is 2.41. The highest BCUT2D eigenvalue weighted by Crippen LogP contribution is 2.43. The molecule has 2 aromatic rings. The maximum absolute atomic E-state index is 12.0. The van der Waals surface area contributed by atoms with Gasteiger partial charge in [0.1, 0.15) is 5.82 Å². The van der Waals surface area contributed by atoms with Crippen LogP contribution in [0.2, 0.25) is 5.02 Å². The van der Waals surface area contributed by atoms with E-state index in [-0.39, 0.29) is 5.56 Å². The highest BCUT2D eigenvalue weighted by molar-refractivity contribution is 6.31. The molecule has 0 atom stereocenters. The van der Waals surface area contributed by atoms with Crippen LogP contribution in [0, 0.1) is 5.41 Å². The van der Waals surface area contributed by atoms with Crippen LogP contribution in [0.4, 0.5) is 0 Å². The first kappa shape index (κ1) is 14.5. The number of fused-ring (bicyclic) bond motifs is 1. The number of halogens is 1. The highest BCUT2D eigenvalue weighted by Gasteiger charge is 2.34. The van der Waals surface area contributed by atoms with Gasteiger partial charge in [0.2, 0.25) is 0 Å². The second kappa shape index (κ2) is 5.78. The molecule has 0 bridgehead atoms. The molecule has 1 saturated carbocycles. The van der Waals surface area contributed by atoms with Crippen molar-refractivity contribution < 1.29 is 0 Å². The molecule has 1 aromatic heterocycles. The predicted octanol–water partition coefficient (Wildman–Crippen LogP) is 3.25. The molecule has 21 heavy (non-hydrogen) atoms. The van der Waals surface area contributed by atoms with Crippen molar-refractivity contribution in [3.05, 3.63) is 39.4 Å². The first-order valence-electron chi connectivity index (χ1n) is 7.51. The van der Waals surface area contributed by atoms with Crippen LogP contribution in [-0.2, 0) is 6.54 Å². The minimum absolute atomic E-state index is 0.109. The van der Waals surface area contributed by atoms with E-state index in [1.54, 1.807) is 18.2 Å². The van der Waals surface area contributed by atoms with Crippen molar-refractivity contribution in [2.75, 3.05) is 6.54 Å². The third-order valence-corrected chi connectivity index (χ3v) is 4.91. The first-order chi connectivity index (χ1) is 10.1. The zero-order valence-corrected chi connectivity index (χ0v) is 13.0. The van der Waals surface area contributed by atoms with Gasteiger partial charge in [0, 0.05) is 11.6 Å². The maximum Gasteiger partial charge on any atom is 0.258 e. The molecule has 0 amide bonds. The van der Waals surface area contributed by atoms with E-state index in [1.165, 1.54) is 25.7 Å². The Morgan fingerprint density at radius 2 is 2.24 bits per heavy atom. The molecule has 0 spiro atoms. The number of rotatable bonds is 5. The third kappa shape index (κ3) is 2.97. The van der Waals surface area contributed by atoms with Gasteiger partial charge in [0.25, 0.3) is 5.56 Å². The van der Waals surface area contributed by atoms with Gasteiger partial charge in [0.05, 0.1) is 17.4 Å². The number of benzene rings is 1. The topological polar surface area (TPSA) is 57.8 Å². The van der Waals surface area contributed by atoms with Crippen molar-refractivity contribution >= 4 is 22.5 Å².